The van der Waals surface area contributed by atoms with E-state index in [1.165, 1.54) is 12.1 Å². The van der Waals surface area contributed by atoms with Gasteiger partial charge in [-0.05, 0) is 24.6 Å². The monoisotopic (exact) mass is 150 g/mol. The van der Waals surface area contributed by atoms with Crippen LogP contribution in [0.15, 0.2) is 18.2 Å². The van der Waals surface area contributed by atoms with Gasteiger partial charge in [-0.1, -0.05) is 6.07 Å². The fourth-order valence-electron chi connectivity index (χ4n) is 0.612. The van der Waals surface area contributed by atoms with Crippen molar-refractivity contribution in [3.8, 4) is 5.75 Å². The molecule has 0 unspecified atom stereocenters. The summed E-state index contributed by atoms with van der Waals surface area (Å²) in [6.07, 6.45) is 0. The Morgan fingerprint density at radius 1 is 1.50 bits per heavy atom. The van der Waals surface area contributed by atoms with Gasteiger partial charge in [0.1, 0.15) is 0 Å². The van der Waals surface area contributed by atoms with Crippen LogP contribution in [0.3, 0.4) is 0 Å². The Labute approximate surface area is 82.7 Å². The third-order valence-corrected chi connectivity index (χ3v) is 1.10. The summed E-state index contributed by atoms with van der Waals surface area (Å²) >= 11 is 0. The number of rotatable bonds is 0. The number of hydrogen-bond donors (Lipinski definition) is 1. The smallest absolute Gasteiger partial charge is 1.00 e. The van der Waals surface area contributed by atoms with Gasteiger partial charge in [0, 0.05) is 0 Å². The number of hydrogen-bond acceptors (Lipinski definition) is 1. The molecule has 0 atom stereocenters. The Kier molecular flexibility index (Phi) is 3.94. The minimum atomic E-state index is -0.560. The summed E-state index contributed by atoms with van der Waals surface area (Å²) in [5, 5.41) is 8.67. The van der Waals surface area contributed by atoms with Crippen molar-refractivity contribution in [2.24, 2.45) is 0 Å². The standard InChI is InChI=1S/C7H7FO.Na.H/c1-5-2-3-7(9)6(8)4-5;;/h2-4,9H,1H3;;/q;+1;-1. The van der Waals surface area contributed by atoms with Crippen LogP contribution in [0, 0.1) is 12.7 Å². The molecule has 0 fully saturated rings. The maximum atomic E-state index is 12.3. The molecule has 0 saturated carbocycles. The van der Waals surface area contributed by atoms with E-state index in [1.54, 1.807) is 13.0 Å². The normalized spacial score (nSPS) is 8.60. The SMILES string of the molecule is Cc1ccc(O)c(F)c1.[H-].[Na+]. The molecule has 0 heterocycles. The number of benzene rings is 1. The zero-order valence-electron chi connectivity index (χ0n) is 7.06. The number of phenolic OH excluding ortho intramolecular Hbond substituents is 1. The van der Waals surface area contributed by atoms with Crippen molar-refractivity contribution in [2.45, 2.75) is 6.92 Å². The summed E-state index contributed by atoms with van der Waals surface area (Å²) in [5.41, 5.74) is 0.810. The predicted octanol–water partition coefficient (Wildman–Crippen LogP) is -1.04. The second-order valence-electron chi connectivity index (χ2n) is 1.95. The van der Waals surface area contributed by atoms with Crippen LogP contribution in [0.1, 0.15) is 6.99 Å². The van der Waals surface area contributed by atoms with Crippen LogP contribution in [-0.4, -0.2) is 5.11 Å². The van der Waals surface area contributed by atoms with E-state index in [9.17, 15) is 4.39 Å². The van der Waals surface area contributed by atoms with Gasteiger partial charge in [-0.15, -0.1) is 0 Å². The van der Waals surface area contributed by atoms with Crippen LogP contribution in [0.2, 0.25) is 0 Å². The molecule has 3 heteroatoms. The first kappa shape index (κ1) is 9.95. The Hall–Kier alpha value is -0.0500. The van der Waals surface area contributed by atoms with Gasteiger partial charge < -0.3 is 6.53 Å². The Bertz CT molecular complexity index is 230. The van der Waals surface area contributed by atoms with E-state index in [2.05, 4.69) is 0 Å². The third kappa shape index (κ3) is 2.29. The van der Waals surface area contributed by atoms with Crippen LogP contribution >= 0.6 is 0 Å². The number of phenols is 1. The molecule has 0 amide bonds. The molecule has 1 aromatic rings. The van der Waals surface area contributed by atoms with Crippen LogP contribution in [-0.2, 0) is 0 Å². The van der Waals surface area contributed by atoms with E-state index in [0.717, 1.165) is 5.56 Å². The summed E-state index contributed by atoms with van der Waals surface area (Å²) in [6, 6.07) is 4.28. The Balaban J connectivity index is 0. The summed E-state index contributed by atoms with van der Waals surface area (Å²) in [7, 11) is 0. The number of halogens is 1. The fraction of sp³-hybridized carbons (Fsp3) is 0.143. The first-order valence-corrected chi connectivity index (χ1v) is 2.65. The van der Waals surface area contributed by atoms with Gasteiger partial charge in [0.05, 0.1) is 0 Å². The molecule has 0 aliphatic carbocycles. The maximum Gasteiger partial charge on any atom is 1.00 e. The molecule has 0 spiro atoms. The first-order valence-electron chi connectivity index (χ1n) is 2.65. The summed E-state index contributed by atoms with van der Waals surface area (Å²) < 4.78 is 12.3. The van der Waals surface area contributed by atoms with E-state index < -0.39 is 5.82 Å². The quantitative estimate of drug-likeness (QED) is 0.468. The zero-order chi connectivity index (χ0) is 6.85. The van der Waals surface area contributed by atoms with Crippen molar-refractivity contribution in [2.75, 3.05) is 0 Å². The van der Waals surface area contributed by atoms with E-state index in [-0.39, 0.29) is 36.7 Å². The number of aryl methyl sites for hydroxylation is 1. The van der Waals surface area contributed by atoms with Crippen LogP contribution in [0.5, 0.6) is 5.75 Å². The van der Waals surface area contributed by atoms with Gasteiger partial charge in [0.15, 0.2) is 11.6 Å². The van der Waals surface area contributed by atoms with Crippen LogP contribution in [0.4, 0.5) is 4.39 Å². The molecule has 1 N–H and O–H groups in total. The van der Waals surface area contributed by atoms with E-state index >= 15 is 0 Å². The number of aromatic hydroxyl groups is 1. The van der Waals surface area contributed by atoms with Crippen molar-refractivity contribution in [1.82, 2.24) is 0 Å². The molecular formula is C7H8FNaO. The summed E-state index contributed by atoms with van der Waals surface area (Å²) in [5.74, 6) is -0.851. The van der Waals surface area contributed by atoms with Crippen molar-refractivity contribution in [1.29, 1.82) is 0 Å². The van der Waals surface area contributed by atoms with Gasteiger partial charge >= 0.3 is 29.6 Å². The Morgan fingerprint density at radius 3 is 2.50 bits per heavy atom. The van der Waals surface area contributed by atoms with E-state index in [4.69, 9.17) is 5.11 Å². The first-order chi connectivity index (χ1) is 4.20. The predicted molar refractivity (Wildman–Crippen MR) is 33.9 cm³/mol. The van der Waals surface area contributed by atoms with E-state index in [0.29, 0.717) is 0 Å². The second-order valence-corrected chi connectivity index (χ2v) is 1.95. The molecule has 0 aliphatic heterocycles. The van der Waals surface area contributed by atoms with Crippen molar-refractivity contribution >= 4 is 0 Å². The van der Waals surface area contributed by atoms with Crippen molar-refractivity contribution in [3.05, 3.63) is 29.6 Å². The average molecular weight is 150 g/mol. The molecule has 1 nitrogen and oxygen atoms in total. The summed E-state index contributed by atoms with van der Waals surface area (Å²) in [4.78, 5) is 0. The molecule has 1 aromatic carbocycles. The minimum absolute atomic E-state index is 0. The van der Waals surface area contributed by atoms with Crippen LogP contribution in [0.25, 0.3) is 0 Å². The van der Waals surface area contributed by atoms with Crippen LogP contribution < -0.4 is 29.6 Å². The van der Waals surface area contributed by atoms with Crippen molar-refractivity contribution < 1.29 is 40.5 Å². The fourth-order valence-corrected chi connectivity index (χ4v) is 0.612. The van der Waals surface area contributed by atoms with Gasteiger partial charge in [0.25, 0.3) is 0 Å². The second kappa shape index (κ2) is 3.96. The van der Waals surface area contributed by atoms with Gasteiger partial charge in [-0.3, -0.25) is 0 Å². The zero-order valence-corrected chi connectivity index (χ0v) is 8.06. The molecule has 0 radical (unpaired) electrons. The van der Waals surface area contributed by atoms with E-state index in [1.807, 2.05) is 0 Å². The molecule has 0 aliphatic rings. The summed E-state index contributed by atoms with van der Waals surface area (Å²) in [6.45, 7) is 1.77. The van der Waals surface area contributed by atoms with Crippen molar-refractivity contribution in [3.63, 3.8) is 0 Å². The maximum absolute atomic E-state index is 12.3. The average Bonchev–Trinajstić information content (AvgIpc) is 1.80. The Morgan fingerprint density at radius 2 is 2.10 bits per heavy atom. The molecule has 0 bridgehead atoms. The topological polar surface area (TPSA) is 20.2 Å². The third-order valence-electron chi connectivity index (χ3n) is 1.10. The van der Waals surface area contributed by atoms with Gasteiger partial charge in [-0.2, -0.15) is 0 Å². The molecule has 50 valence electrons. The van der Waals surface area contributed by atoms with Gasteiger partial charge in [-0.25, -0.2) is 4.39 Å². The molecule has 0 saturated heterocycles. The molecular weight excluding hydrogens is 142 g/mol. The largest absolute Gasteiger partial charge is 1.00 e. The minimum Gasteiger partial charge on any atom is -1.00 e. The molecule has 0 aromatic heterocycles. The van der Waals surface area contributed by atoms with Gasteiger partial charge in [0.2, 0.25) is 0 Å². The molecule has 1 rings (SSSR count). The molecule has 10 heavy (non-hydrogen) atoms.